The van der Waals surface area contributed by atoms with Gasteiger partial charge in [0.15, 0.2) is 0 Å². The number of aliphatic carboxylic acids is 1. The Balaban J connectivity index is 2.54. The van der Waals surface area contributed by atoms with E-state index in [2.05, 4.69) is 0 Å². The molecule has 1 aliphatic rings. The largest absolute Gasteiger partial charge is 0.480 e. The minimum Gasteiger partial charge on any atom is -0.480 e. The zero-order valence-electron chi connectivity index (χ0n) is 12.2. The van der Waals surface area contributed by atoms with E-state index in [4.69, 9.17) is 9.84 Å². The summed E-state index contributed by atoms with van der Waals surface area (Å²) in [6, 6.07) is -0.515. The van der Waals surface area contributed by atoms with E-state index in [-0.39, 0.29) is 6.09 Å². The number of hydrogen-bond acceptors (Lipinski definition) is 4. The quantitative estimate of drug-likeness (QED) is 0.823. The molecule has 0 radical (unpaired) electrons. The van der Waals surface area contributed by atoms with Crippen LogP contribution in [0.15, 0.2) is 0 Å². The topological polar surface area (TPSA) is 70.1 Å². The lowest BCUT2D eigenvalue weighted by Gasteiger charge is -2.27. The van der Waals surface area contributed by atoms with Gasteiger partial charge in [-0.3, -0.25) is 9.69 Å². The van der Waals surface area contributed by atoms with Gasteiger partial charge in [0.25, 0.3) is 0 Å². The molecule has 1 heterocycles. The van der Waals surface area contributed by atoms with Gasteiger partial charge in [-0.15, -0.1) is 0 Å². The molecule has 0 bridgehead atoms. The van der Waals surface area contributed by atoms with Crippen molar-refractivity contribution in [1.29, 1.82) is 0 Å². The van der Waals surface area contributed by atoms with Crippen molar-refractivity contribution in [3.8, 4) is 0 Å². The number of carbonyl (C=O) groups is 2. The predicted molar refractivity (Wildman–Crippen MR) is 71.1 cm³/mol. The van der Waals surface area contributed by atoms with Gasteiger partial charge in [-0.2, -0.15) is 0 Å². The van der Waals surface area contributed by atoms with Crippen LogP contribution in [0.1, 0.15) is 34.1 Å². The van der Waals surface area contributed by atoms with Crippen molar-refractivity contribution in [2.75, 3.05) is 26.2 Å². The molecule has 1 aliphatic heterocycles. The van der Waals surface area contributed by atoms with Crippen molar-refractivity contribution in [1.82, 2.24) is 9.80 Å². The average Bonchev–Trinajstić information content (AvgIpc) is 2.50. The van der Waals surface area contributed by atoms with E-state index < -0.39 is 17.6 Å². The highest BCUT2D eigenvalue weighted by Crippen LogP contribution is 2.13. The van der Waals surface area contributed by atoms with Crippen LogP contribution in [0.2, 0.25) is 0 Å². The summed E-state index contributed by atoms with van der Waals surface area (Å²) in [7, 11) is 0. The summed E-state index contributed by atoms with van der Waals surface area (Å²) >= 11 is 0. The first kappa shape index (κ1) is 15.8. The van der Waals surface area contributed by atoms with Gasteiger partial charge in [-0.1, -0.05) is 0 Å². The number of carboxylic acid groups (broad SMARTS) is 1. The standard InChI is InChI=1S/C13H24N2O4/c1-10(11(16)17)14-6-5-7-15(9-8-14)12(18)19-13(2,3)4/h10H,5-9H2,1-4H3,(H,16,17). The first-order valence-corrected chi connectivity index (χ1v) is 6.65. The summed E-state index contributed by atoms with van der Waals surface area (Å²) in [5, 5.41) is 9.01. The van der Waals surface area contributed by atoms with Crippen molar-refractivity contribution in [3.05, 3.63) is 0 Å². The first-order chi connectivity index (χ1) is 8.70. The molecule has 0 aromatic rings. The minimum atomic E-state index is -0.828. The van der Waals surface area contributed by atoms with Crippen molar-refractivity contribution < 1.29 is 19.4 Å². The molecule has 1 rings (SSSR count). The fourth-order valence-corrected chi connectivity index (χ4v) is 1.99. The van der Waals surface area contributed by atoms with Gasteiger partial charge in [0.2, 0.25) is 0 Å². The summed E-state index contributed by atoms with van der Waals surface area (Å²) in [5.41, 5.74) is -0.503. The lowest BCUT2D eigenvalue weighted by atomic mass is 10.2. The van der Waals surface area contributed by atoms with E-state index in [1.165, 1.54) is 0 Å². The Morgan fingerprint density at radius 3 is 2.32 bits per heavy atom. The fourth-order valence-electron chi connectivity index (χ4n) is 1.99. The molecular weight excluding hydrogens is 248 g/mol. The van der Waals surface area contributed by atoms with Gasteiger partial charge in [0.1, 0.15) is 11.6 Å². The fraction of sp³-hybridized carbons (Fsp3) is 0.846. The maximum Gasteiger partial charge on any atom is 0.410 e. The lowest BCUT2D eigenvalue weighted by Crippen LogP contribution is -2.42. The van der Waals surface area contributed by atoms with Crippen molar-refractivity contribution in [2.24, 2.45) is 0 Å². The molecular formula is C13H24N2O4. The Bertz CT molecular complexity index is 338. The maximum absolute atomic E-state index is 11.9. The predicted octanol–water partition coefficient (Wildman–Crippen LogP) is 1.40. The normalized spacial score (nSPS) is 19.7. The van der Waals surface area contributed by atoms with Gasteiger partial charge >= 0.3 is 12.1 Å². The minimum absolute atomic E-state index is 0.322. The molecule has 6 heteroatoms. The molecule has 19 heavy (non-hydrogen) atoms. The van der Waals surface area contributed by atoms with Crippen LogP contribution < -0.4 is 0 Å². The Kier molecular flexibility index (Phi) is 5.17. The third-order valence-electron chi connectivity index (χ3n) is 3.09. The SMILES string of the molecule is CC(C(=O)O)N1CCCN(C(=O)OC(C)(C)C)CC1. The summed E-state index contributed by atoms with van der Waals surface area (Å²) < 4.78 is 5.33. The van der Waals surface area contributed by atoms with Crippen molar-refractivity contribution in [2.45, 2.75) is 45.8 Å². The van der Waals surface area contributed by atoms with Crippen LogP contribution in [0.5, 0.6) is 0 Å². The lowest BCUT2D eigenvalue weighted by molar-refractivity contribution is -0.142. The number of carboxylic acids is 1. The van der Waals surface area contributed by atoms with Crippen LogP contribution in [0.3, 0.4) is 0 Å². The molecule has 1 fully saturated rings. The molecule has 0 aromatic heterocycles. The number of hydrogen-bond donors (Lipinski definition) is 1. The number of rotatable bonds is 2. The Hall–Kier alpha value is -1.30. The molecule has 0 aromatic carbocycles. The molecule has 1 N–H and O–H groups in total. The summed E-state index contributed by atoms with van der Waals surface area (Å²) in [6.45, 7) is 9.54. The summed E-state index contributed by atoms with van der Waals surface area (Å²) in [6.07, 6.45) is 0.439. The van der Waals surface area contributed by atoms with Crippen molar-refractivity contribution >= 4 is 12.1 Å². The Labute approximate surface area is 114 Å². The molecule has 0 aliphatic carbocycles. The Morgan fingerprint density at radius 1 is 1.16 bits per heavy atom. The van der Waals surface area contributed by atoms with Crippen LogP contribution in [-0.4, -0.2) is 64.8 Å². The molecule has 110 valence electrons. The van der Waals surface area contributed by atoms with Crippen LogP contribution in [0.4, 0.5) is 4.79 Å². The van der Waals surface area contributed by atoms with Crippen LogP contribution in [0.25, 0.3) is 0 Å². The average molecular weight is 272 g/mol. The zero-order valence-corrected chi connectivity index (χ0v) is 12.2. The third kappa shape index (κ3) is 5.06. The zero-order chi connectivity index (χ0) is 14.6. The molecule has 1 atom stereocenters. The van der Waals surface area contributed by atoms with Gasteiger partial charge in [0.05, 0.1) is 0 Å². The maximum atomic E-state index is 11.9. The van der Waals surface area contributed by atoms with E-state index in [9.17, 15) is 9.59 Å². The highest BCUT2D eigenvalue weighted by Gasteiger charge is 2.27. The highest BCUT2D eigenvalue weighted by atomic mass is 16.6. The second kappa shape index (κ2) is 6.23. The summed E-state index contributed by atoms with van der Waals surface area (Å²) in [5.74, 6) is -0.828. The van der Waals surface area contributed by atoms with Gasteiger partial charge in [-0.25, -0.2) is 4.79 Å². The number of ether oxygens (including phenoxy) is 1. The van der Waals surface area contributed by atoms with E-state index in [0.29, 0.717) is 26.2 Å². The second-order valence-corrected chi connectivity index (χ2v) is 5.87. The monoisotopic (exact) mass is 272 g/mol. The van der Waals surface area contributed by atoms with Gasteiger partial charge in [0, 0.05) is 26.2 Å². The van der Waals surface area contributed by atoms with E-state index in [1.54, 1.807) is 11.8 Å². The van der Waals surface area contributed by atoms with E-state index in [1.807, 2.05) is 25.7 Å². The number of carbonyl (C=O) groups excluding carboxylic acids is 1. The van der Waals surface area contributed by atoms with E-state index in [0.717, 1.165) is 6.42 Å². The molecule has 0 saturated carbocycles. The number of nitrogens with zero attached hydrogens (tertiary/aromatic N) is 2. The summed E-state index contributed by atoms with van der Waals surface area (Å²) in [4.78, 5) is 26.4. The van der Waals surface area contributed by atoms with Gasteiger partial charge < -0.3 is 14.7 Å². The van der Waals surface area contributed by atoms with Crippen LogP contribution in [-0.2, 0) is 9.53 Å². The molecule has 6 nitrogen and oxygen atoms in total. The molecule has 0 spiro atoms. The van der Waals surface area contributed by atoms with Crippen LogP contribution in [0, 0.1) is 0 Å². The van der Waals surface area contributed by atoms with Crippen LogP contribution >= 0.6 is 0 Å². The van der Waals surface area contributed by atoms with E-state index >= 15 is 0 Å². The molecule has 1 saturated heterocycles. The van der Waals surface area contributed by atoms with Crippen molar-refractivity contribution in [3.63, 3.8) is 0 Å². The van der Waals surface area contributed by atoms with Gasteiger partial charge in [-0.05, 0) is 34.1 Å². The third-order valence-corrected chi connectivity index (χ3v) is 3.09. The number of amides is 1. The smallest absolute Gasteiger partial charge is 0.410 e. The Morgan fingerprint density at radius 2 is 1.79 bits per heavy atom. The first-order valence-electron chi connectivity index (χ1n) is 6.65. The molecule has 1 unspecified atom stereocenters. The highest BCUT2D eigenvalue weighted by molar-refractivity contribution is 5.73. The second-order valence-electron chi connectivity index (χ2n) is 5.87. The molecule has 1 amide bonds.